The second-order valence-corrected chi connectivity index (χ2v) is 4.52. The standard InChI is InChI=1S/C10H11ClN2OS/c11-5-7(14)6-12-10-13-8-3-1-2-4-9(8)15-10/h1-4,7,14H,5-6H2,(H,12,13). The number of fused-ring (bicyclic) bond motifs is 1. The maximum absolute atomic E-state index is 9.28. The minimum atomic E-state index is -0.529. The van der Waals surface area contributed by atoms with Crippen molar-refractivity contribution in [1.29, 1.82) is 0 Å². The molecule has 1 unspecified atom stereocenters. The van der Waals surface area contributed by atoms with Crippen LogP contribution in [-0.2, 0) is 0 Å². The molecule has 1 heterocycles. The predicted molar refractivity (Wildman–Crippen MR) is 64.8 cm³/mol. The Morgan fingerprint density at radius 3 is 3.00 bits per heavy atom. The van der Waals surface area contributed by atoms with Gasteiger partial charge in [-0.3, -0.25) is 0 Å². The predicted octanol–water partition coefficient (Wildman–Crippen LogP) is 2.31. The highest BCUT2D eigenvalue weighted by Crippen LogP contribution is 2.25. The molecule has 0 aliphatic carbocycles. The molecule has 0 spiro atoms. The molecule has 0 aliphatic heterocycles. The third kappa shape index (κ3) is 2.59. The number of hydrogen-bond donors (Lipinski definition) is 2. The number of nitrogens with zero attached hydrogens (tertiary/aromatic N) is 1. The van der Waals surface area contributed by atoms with Gasteiger partial charge in [-0.05, 0) is 12.1 Å². The van der Waals surface area contributed by atoms with Crippen LogP contribution in [0.1, 0.15) is 0 Å². The first kappa shape index (κ1) is 10.7. The lowest BCUT2D eigenvalue weighted by Crippen LogP contribution is -2.20. The first-order valence-corrected chi connectivity index (χ1v) is 5.98. The monoisotopic (exact) mass is 242 g/mol. The van der Waals surface area contributed by atoms with E-state index < -0.39 is 6.10 Å². The number of nitrogens with one attached hydrogen (secondary N) is 1. The maximum atomic E-state index is 9.28. The molecule has 5 heteroatoms. The molecule has 0 fully saturated rings. The van der Waals surface area contributed by atoms with E-state index >= 15 is 0 Å². The van der Waals surface area contributed by atoms with Gasteiger partial charge in [-0.1, -0.05) is 23.5 Å². The molecule has 0 saturated heterocycles. The lowest BCUT2D eigenvalue weighted by atomic mass is 10.3. The summed E-state index contributed by atoms with van der Waals surface area (Å²) in [5.41, 5.74) is 0.977. The van der Waals surface area contributed by atoms with Crippen molar-refractivity contribution >= 4 is 38.3 Å². The van der Waals surface area contributed by atoms with Crippen LogP contribution in [0.2, 0.25) is 0 Å². The topological polar surface area (TPSA) is 45.1 Å². The Bertz CT molecular complexity index is 413. The average molecular weight is 243 g/mol. The molecule has 3 nitrogen and oxygen atoms in total. The number of aliphatic hydroxyl groups excluding tert-OH is 1. The Labute approximate surface area is 96.7 Å². The van der Waals surface area contributed by atoms with E-state index in [1.54, 1.807) is 11.3 Å². The first-order valence-electron chi connectivity index (χ1n) is 4.63. The summed E-state index contributed by atoms with van der Waals surface area (Å²) >= 11 is 7.06. The van der Waals surface area contributed by atoms with Crippen molar-refractivity contribution in [1.82, 2.24) is 4.98 Å². The number of halogens is 1. The van der Waals surface area contributed by atoms with Crippen molar-refractivity contribution in [2.45, 2.75) is 6.10 Å². The summed E-state index contributed by atoms with van der Waals surface area (Å²) in [5.74, 6) is 0.234. The average Bonchev–Trinajstić information content (AvgIpc) is 2.68. The number of para-hydroxylation sites is 1. The third-order valence-corrected chi connectivity index (χ3v) is 3.31. The number of hydrogen-bond acceptors (Lipinski definition) is 4. The molecule has 0 aliphatic rings. The fourth-order valence-electron chi connectivity index (χ4n) is 1.21. The summed E-state index contributed by atoms with van der Waals surface area (Å²) in [4.78, 5) is 4.37. The van der Waals surface area contributed by atoms with Crippen molar-refractivity contribution < 1.29 is 5.11 Å². The number of aromatic nitrogens is 1. The highest BCUT2D eigenvalue weighted by atomic mass is 35.5. The van der Waals surface area contributed by atoms with Gasteiger partial charge in [0.2, 0.25) is 0 Å². The van der Waals surface area contributed by atoms with Gasteiger partial charge in [-0.2, -0.15) is 0 Å². The van der Waals surface area contributed by atoms with Gasteiger partial charge in [0.1, 0.15) is 0 Å². The SMILES string of the molecule is OC(CCl)CNc1nc2ccccc2s1. The van der Waals surface area contributed by atoms with E-state index in [1.165, 1.54) is 0 Å². The molecule has 2 rings (SSSR count). The first-order chi connectivity index (χ1) is 7.29. The van der Waals surface area contributed by atoms with Crippen molar-refractivity contribution in [3.8, 4) is 0 Å². The quantitative estimate of drug-likeness (QED) is 0.809. The van der Waals surface area contributed by atoms with Crippen molar-refractivity contribution in [2.75, 3.05) is 17.7 Å². The van der Waals surface area contributed by atoms with E-state index in [-0.39, 0.29) is 5.88 Å². The van der Waals surface area contributed by atoms with Gasteiger partial charge in [-0.25, -0.2) is 4.98 Å². The minimum absolute atomic E-state index is 0.234. The summed E-state index contributed by atoms with van der Waals surface area (Å²) in [6.45, 7) is 0.434. The van der Waals surface area contributed by atoms with Gasteiger partial charge in [-0.15, -0.1) is 11.6 Å². The zero-order chi connectivity index (χ0) is 10.7. The number of aliphatic hydroxyl groups is 1. The second-order valence-electron chi connectivity index (χ2n) is 3.18. The fourth-order valence-corrected chi connectivity index (χ4v) is 2.19. The number of anilines is 1. The fraction of sp³-hybridized carbons (Fsp3) is 0.300. The van der Waals surface area contributed by atoms with E-state index in [1.807, 2.05) is 24.3 Å². The molecule has 15 heavy (non-hydrogen) atoms. The summed E-state index contributed by atoms with van der Waals surface area (Å²) in [6, 6.07) is 7.93. The molecule has 0 amide bonds. The van der Waals surface area contributed by atoms with E-state index in [0.717, 1.165) is 15.3 Å². The Morgan fingerprint density at radius 2 is 2.27 bits per heavy atom. The van der Waals surface area contributed by atoms with Gasteiger partial charge in [0.05, 0.1) is 22.2 Å². The summed E-state index contributed by atoms with van der Waals surface area (Å²) in [7, 11) is 0. The van der Waals surface area contributed by atoms with Crippen LogP contribution >= 0.6 is 22.9 Å². The van der Waals surface area contributed by atoms with Crippen LogP contribution in [0.25, 0.3) is 10.2 Å². The lowest BCUT2D eigenvalue weighted by molar-refractivity contribution is 0.211. The van der Waals surface area contributed by atoms with E-state index in [9.17, 15) is 5.11 Å². The Morgan fingerprint density at radius 1 is 1.47 bits per heavy atom. The van der Waals surface area contributed by atoms with Gasteiger partial charge >= 0.3 is 0 Å². The van der Waals surface area contributed by atoms with Gasteiger partial charge in [0, 0.05) is 6.54 Å². The molecule has 1 aromatic carbocycles. The van der Waals surface area contributed by atoms with Gasteiger partial charge in [0.15, 0.2) is 5.13 Å². The Kier molecular flexibility index (Phi) is 3.41. The van der Waals surface area contributed by atoms with Crippen LogP contribution in [0.3, 0.4) is 0 Å². The van der Waals surface area contributed by atoms with Crippen LogP contribution in [0, 0.1) is 0 Å². The highest BCUT2D eigenvalue weighted by molar-refractivity contribution is 7.22. The lowest BCUT2D eigenvalue weighted by Gasteiger charge is -2.06. The van der Waals surface area contributed by atoms with Crippen molar-refractivity contribution in [2.24, 2.45) is 0 Å². The molecule has 1 atom stereocenters. The highest BCUT2D eigenvalue weighted by Gasteiger charge is 2.05. The number of alkyl halides is 1. The molecule has 80 valence electrons. The zero-order valence-electron chi connectivity index (χ0n) is 7.98. The normalized spacial score (nSPS) is 12.9. The zero-order valence-corrected chi connectivity index (χ0v) is 9.55. The molecular weight excluding hydrogens is 232 g/mol. The van der Waals surface area contributed by atoms with Crippen molar-refractivity contribution in [3.05, 3.63) is 24.3 Å². The van der Waals surface area contributed by atoms with Crippen LogP contribution < -0.4 is 5.32 Å². The Balaban J connectivity index is 2.09. The molecule has 1 aromatic heterocycles. The largest absolute Gasteiger partial charge is 0.390 e. The van der Waals surface area contributed by atoms with Crippen LogP contribution in [0.4, 0.5) is 5.13 Å². The van der Waals surface area contributed by atoms with Gasteiger partial charge in [0.25, 0.3) is 0 Å². The van der Waals surface area contributed by atoms with E-state index in [0.29, 0.717) is 6.54 Å². The van der Waals surface area contributed by atoms with Crippen LogP contribution in [-0.4, -0.2) is 28.6 Å². The minimum Gasteiger partial charge on any atom is -0.390 e. The number of benzene rings is 1. The van der Waals surface area contributed by atoms with E-state index in [4.69, 9.17) is 11.6 Å². The summed E-state index contributed by atoms with van der Waals surface area (Å²) < 4.78 is 1.14. The smallest absolute Gasteiger partial charge is 0.183 e. The molecule has 2 N–H and O–H groups in total. The Hall–Kier alpha value is -0.840. The molecule has 2 aromatic rings. The van der Waals surface area contributed by atoms with Gasteiger partial charge < -0.3 is 10.4 Å². The third-order valence-electron chi connectivity index (χ3n) is 1.96. The molecular formula is C10H11ClN2OS. The molecule has 0 bridgehead atoms. The molecule has 0 radical (unpaired) electrons. The summed E-state index contributed by atoms with van der Waals surface area (Å²) in [5, 5.41) is 13.2. The second kappa shape index (κ2) is 4.79. The van der Waals surface area contributed by atoms with Crippen LogP contribution in [0.5, 0.6) is 0 Å². The van der Waals surface area contributed by atoms with Crippen molar-refractivity contribution in [3.63, 3.8) is 0 Å². The van der Waals surface area contributed by atoms with E-state index in [2.05, 4.69) is 10.3 Å². The summed E-state index contributed by atoms with van der Waals surface area (Å²) in [6.07, 6.45) is -0.529. The maximum Gasteiger partial charge on any atom is 0.183 e. The number of thiazole rings is 1. The number of rotatable bonds is 4. The van der Waals surface area contributed by atoms with Crippen LogP contribution in [0.15, 0.2) is 24.3 Å². The molecule has 0 saturated carbocycles.